The lowest BCUT2D eigenvalue weighted by molar-refractivity contribution is 0.177. The quantitative estimate of drug-likeness (QED) is 0.571. The van der Waals surface area contributed by atoms with E-state index < -0.39 is 6.10 Å². The molecule has 0 aromatic heterocycles. The van der Waals surface area contributed by atoms with Gasteiger partial charge in [-0.1, -0.05) is 42.5 Å². The summed E-state index contributed by atoms with van der Waals surface area (Å²) >= 11 is 0. The van der Waals surface area contributed by atoms with Crippen LogP contribution in [-0.2, 0) is 0 Å². The highest BCUT2D eigenvalue weighted by atomic mass is 16.3. The summed E-state index contributed by atoms with van der Waals surface area (Å²) in [7, 11) is 0. The number of aliphatic hydroxyl groups is 1. The van der Waals surface area contributed by atoms with E-state index in [0.29, 0.717) is 12.8 Å². The van der Waals surface area contributed by atoms with Gasteiger partial charge >= 0.3 is 0 Å². The van der Waals surface area contributed by atoms with Crippen molar-refractivity contribution in [2.45, 2.75) is 38.2 Å². The molecule has 17 heavy (non-hydrogen) atoms. The first-order valence-electron chi connectivity index (χ1n) is 6.00. The minimum absolute atomic E-state index is 0.459. The van der Waals surface area contributed by atoms with Gasteiger partial charge < -0.3 is 5.11 Å². The first-order valence-corrected chi connectivity index (χ1v) is 6.00. The third kappa shape index (κ3) is 5.33. The molecule has 1 rings (SSSR count). The molecule has 1 aromatic carbocycles. The van der Waals surface area contributed by atoms with Gasteiger partial charge in [-0.25, -0.2) is 0 Å². The highest BCUT2D eigenvalue weighted by Gasteiger charge is 2.08. The Hall–Kier alpha value is -1.59. The van der Waals surface area contributed by atoms with Crippen LogP contribution in [0.4, 0.5) is 0 Å². The summed E-state index contributed by atoms with van der Waals surface area (Å²) < 4.78 is 0. The van der Waals surface area contributed by atoms with Gasteiger partial charge in [-0.3, -0.25) is 0 Å². The molecule has 2 nitrogen and oxygen atoms in total. The van der Waals surface area contributed by atoms with Crippen LogP contribution in [0, 0.1) is 11.3 Å². The standard InChI is InChI=1S/C15H19NO/c1-13(8-4-3-7-11-16)12-15(17)14-9-5-2-6-10-14/h2,5-6,9-10,15,17H,1,3-4,7-8,12H2. The largest absolute Gasteiger partial charge is 0.388 e. The summed E-state index contributed by atoms with van der Waals surface area (Å²) in [6, 6.07) is 11.8. The Balaban J connectivity index is 2.29. The molecule has 1 aromatic rings. The van der Waals surface area contributed by atoms with E-state index in [1.54, 1.807) is 0 Å². The second kappa shape index (κ2) is 7.65. The predicted molar refractivity (Wildman–Crippen MR) is 69.2 cm³/mol. The SMILES string of the molecule is C=C(CCCCC#N)CC(O)c1ccccc1. The molecule has 0 saturated heterocycles. The zero-order chi connectivity index (χ0) is 12.5. The summed E-state index contributed by atoms with van der Waals surface area (Å²) in [5.41, 5.74) is 1.99. The molecular formula is C15H19NO. The lowest BCUT2D eigenvalue weighted by Crippen LogP contribution is -1.98. The van der Waals surface area contributed by atoms with Gasteiger partial charge in [0.15, 0.2) is 0 Å². The molecule has 1 N–H and O–H groups in total. The number of nitriles is 1. The molecule has 0 fully saturated rings. The Kier molecular flexibility index (Phi) is 6.06. The van der Waals surface area contributed by atoms with Crippen molar-refractivity contribution in [3.63, 3.8) is 0 Å². The molecule has 0 spiro atoms. The van der Waals surface area contributed by atoms with Crippen LogP contribution in [-0.4, -0.2) is 5.11 Å². The van der Waals surface area contributed by atoms with E-state index in [-0.39, 0.29) is 0 Å². The van der Waals surface area contributed by atoms with Crippen LogP contribution in [0.5, 0.6) is 0 Å². The maximum atomic E-state index is 9.98. The van der Waals surface area contributed by atoms with Crippen molar-refractivity contribution < 1.29 is 5.11 Å². The van der Waals surface area contributed by atoms with E-state index in [1.165, 1.54) is 0 Å². The summed E-state index contributed by atoms with van der Waals surface area (Å²) in [5, 5.41) is 18.4. The Labute approximate surface area is 103 Å². The number of benzene rings is 1. The van der Waals surface area contributed by atoms with Crippen LogP contribution in [0.25, 0.3) is 0 Å². The Morgan fingerprint density at radius 1 is 1.29 bits per heavy atom. The van der Waals surface area contributed by atoms with Gasteiger partial charge in [0.05, 0.1) is 12.2 Å². The molecule has 0 bridgehead atoms. The average molecular weight is 229 g/mol. The van der Waals surface area contributed by atoms with Gasteiger partial charge in [-0.2, -0.15) is 5.26 Å². The molecule has 0 aliphatic carbocycles. The minimum Gasteiger partial charge on any atom is -0.388 e. The van der Waals surface area contributed by atoms with E-state index in [1.807, 2.05) is 30.3 Å². The summed E-state index contributed by atoms with van der Waals surface area (Å²) in [5.74, 6) is 0. The second-order valence-electron chi connectivity index (χ2n) is 4.25. The van der Waals surface area contributed by atoms with Gasteiger partial charge in [0.1, 0.15) is 0 Å². The fourth-order valence-electron chi connectivity index (χ4n) is 1.75. The van der Waals surface area contributed by atoms with Crippen LogP contribution < -0.4 is 0 Å². The van der Waals surface area contributed by atoms with Gasteiger partial charge in [0, 0.05) is 6.42 Å². The summed E-state index contributed by atoms with van der Waals surface area (Å²) in [4.78, 5) is 0. The molecule has 1 atom stereocenters. The van der Waals surface area contributed by atoms with Crippen molar-refractivity contribution in [3.8, 4) is 6.07 Å². The molecule has 0 radical (unpaired) electrons. The summed E-state index contributed by atoms with van der Waals surface area (Å²) in [6.07, 6.45) is 3.54. The lowest BCUT2D eigenvalue weighted by atomic mass is 9.99. The first-order chi connectivity index (χ1) is 8.24. The zero-order valence-corrected chi connectivity index (χ0v) is 10.1. The smallest absolute Gasteiger partial charge is 0.0827 e. The first kappa shape index (κ1) is 13.5. The van der Waals surface area contributed by atoms with E-state index in [2.05, 4.69) is 12.6 Å². The monoisotopic (exact) mass is 229 g/mol. The topological polar surface area (TPSA) is 44.0 Å². The normalized spacial score (nSPS) is 11.8. The number of aliphatic hydroxyl groups excluding tert-OH is 1. The van der Waals surface area contributed by atoms with Gasteiger partial charge in [-0.05, 0) is 31.2 Å². The zero-order valence-electron chi connectivity index (χ0n) is 10.1. The van der Waals surface area contributed by atoms with Gasteiger partial charge in [0.25, 0.3) is 0 Å². The van der Waals surface area contributed by atoms with Crippen molar-refractivity contribution in [2.75, 3.05) is 0 Å². The van der Waals surface area contributed by atoms with Crippen molar-refractivity contribution >= 4 is 0 Å². The molecule has 90 valence electrons. The van der Waals surface area contributed by atoms with Crippen molar-refractivity contribution in [3.05, 3.63) is 48.0 Å². The van der Waals surface area contributed by atoms with Crippen LogP contribution in [0.2, 0.25) is 0 Å². The maximum absolute atomic E-state index is 9.98. The average Bonchev–Trinajstić information content (AvgIpc) is 2.36. The predicted octanol–water partition coefficient (Wildman–Crippen LogP) is 3.75. The Bertz CT molecular complexity index is 378. The molecule has 0 saturated carbocycles. The number of nitrogens with zero attached hydrogens (tertiary/aromatic N) is 1. The van der Waals surface area contributed by atoms with Crippen LogP contribution in [0.15, 0.2) is 42.5 Å². The fourth-order valence-corrected chi connectivity index (χ4v) is 1.75. The Morgan fingerprint density at radius 3 is 2.65 bits per heavy atom. The van der Waals surface area contributed by atoms with Crippen molar-refractivity contribution in [1.82, 2.24) is 0 Å². The molecular weight excluding hydrogens is 210 g/mol. The number of unbranched alkanes of at least 4 members (excludes halogenated alkanes) is 2. The van der Waals surface area contributed by atoms with E-state index in [9.17, 15) is 5.11 Å². The fraction of sp³-hybridized carbons (Fsp3) is 0.400. The van der Waals surface area contributed by atoms with E-state index in [0.717, 1.165) is 30.4 Å². The van der Waals surface area contributed by atoms with Gasteiger partial charge in [-0.15, -0.1) is 0 Å². The highest BCUT2D eigenvalue weighted by Crippen LogP contribution is 2.22. The molecule has 0 amide bonds. The third-order valence-corrected chi connectivity index (χ3v) is 2.74. The second-order valence-corrected chi connectivity index (χ2v) is 4.25. The number of hydrogen-bond donors (Lipinski definition) is 1. The highest BCUT2D eigenvalue weighted by molar-refractivity contribution is 5.18. The van der Waals surface area contributed by atoms with Crippen LogP contribution in [0.3, 0.4) is 0 Å². The molecule has 0 aliphatic heterocycles. The number of rotatable bonds is 7. The van der Waals surface area contributed by atoms with Crippen molar-refractivity contribution in [1.29, 1.82) is 5.26 Å². The van der Waals surface area contributed by atoms with E-state index >= 15 is 0 Å². The lowest BCUT2D eigenvalue weighted by Gasteiger charge is -2.12. The molecule has 1 unspecified atom stereocenters. The maximum Gasteiger partial charge on any atom is 0.0827 e. The van der Waals surface area contributed by atoms with Gasteiger partial charge in [0.2, 0.25) is 0 Å². The minimum atomic E-state index is -0.459. The van der Waals surface area contributed by atoms with Crippen LogP contribution in [0.1, 0.15) is 43.8 Å². The third-order valence-electron chi connectivity index (χ3n) is 2.74. The number of hydrogen-bond acceptors (Lipinski definition) is 2. The van der Waals surface area contributed by atoms with E-state index in [4.69, 9.17) is 5.26 Å². The molecule has 0 aliphatic rings. The molecule has 2 heteroatoms. The van der Waals surface area contributed by atoms with Crippen LogP contribution >= 0.6 is 0 Å². The van der Waals surface area contributed by atoms with Crippen molar-refractivity contribution in [2.24, 2.45) is 0 Å². The summed E-state index contributed by atoms with van der Waals surface area (Å²) in [6.45, 7) is 3.97. The molecule has 0 heterocycles. The Morgan fingerprint density at radius 2 is 2.00 bits per heavy atom.